The molecule has 2 N–H and O–H groups in total. The van der Waals surface area contributed by atoms with Crippen LogP contribution in [0, 0.1) is 0 Å². The summed E-state index contributed by atoms with van der Waals surface area (Å²) in [5.41, 5.74) is 7.35. The Hall–Kier alpha value is -0.600. The van der Waals surface area contributed by atoms with Crippen molar-refractivity contribution in [3.05, 3.63) is 29.0 Å². The van der Waals surface area contributed by atoms with Gasteiger partial charge in [-0.1, -0.05) is 11.6 Å². The number of nitrogens with zero attached hydrogens (tertiary/aromatic N) is 1. The Morgan fingerprint density at radius 2 is 2.31 bits per heavy atom. The fourth-order valence-corrected chi connectivity index (χ4v) is 1.60. The lowest BCUT2D eigenvalue weighted by Gasteiger charge is -2.07. The van der Waals surface area contributed by atoms with Crippen molar-refractivity contribution < 1.29 is 0 Å². The first-order valence-electron chi connectivity index (χ1n) is 4.57. The van der Waals surface area contributed by atoms with Crippen molar-refractivity contribution in [1.29, 1.82) is 0 Å². The third kappa shape index (κ3) is 2.42. The molecule has 1 fully saturated rings. The van der Waals surface area contributed by atoms with E-state index in [0.717, 1.165) is 12.8 Å². The molecule has 0 radical (unpaired) electrons. The van der Waals surface area contributed by atoms with E-state index < -0.39 is 0 Å². The molecule has 1 heterocycles. The van der Waals surface area contributed by atoms with Crippen LogP contribution in [-0.4, -0.2) is 10.5 Å². The molecule has 0 spiro atoms. The number of aryl methyl sites for hydroxylation is 1. The van der Waals surface area contributed by atoms with Crippen LogP contribution in [0.2, 0.25) is 5.15 Å². The van der Waals surface area contributed by atoms with Crippen molar-refractivity contribution in [3.8, 4) is 0 Å². The van der Waals surface area contributed by atoms with Crippen molar-refractivity contribution in [1.82, 2.24) is 4.98 Å². The smallest absolute Gasteiger partial charge is 0.129 e. The fraction of sp³-hybridized carbons (Fsp3) is 0.500. The van der Waals surface area contributed by atoms with Crippen molar-refractivity contribution in [2.24, 2.45) is 5.73 Å². The first kappa shape index (κ1) is 8.97. The average Bonchev–Trinajstić information content (AvgIpc) is 2.82. The molecule has 0 saturated heterocycles. The molecular weight excluding hydrogens is 184 g/mol. The number of aromatic nitrogens is 1. The maximum atomic E-state index is 5.98. The zero-order chi connectivity index (χ0) is 9.31. The number of hydrogen-bond acceptors (Lipinski definition) is 2. The van der Waals surface area contributed by atoms with E-state index in [2.05, 4.69) is 4.98 Å². The molecule has 2 rings (SSSR count). The maximum Gasteiger partial charge on any atom is 0.129 e. The summed E-state index contributed by atoms with van der Waals surface area (Å²) < 4.78 is 0. The Balaban J connectivity index is 1.94. The molecule has 1 saturated carbocycles. The zero-order valence-electron chi connectivity index (χ0n) is 7.46. The minimum Gasteiger partial charge on any atom is -0.325 e. The van der Waals surface area contributed by atoms with Gasteiger partial charge in [-0.05, 0) is 43.4 Å². The van der Waals surface area contributed by atoms with E-state index in [1.54, 1.807) is 6.20 Å². The van der Waals surface area contributed by atoms with Gasteiger partial charge in [-0.15, -0.1) is 0 Å². The van der Waals surface area contributed by atoms with E-state index in [1.807, 2.05) is 12.1 Å². The Morgan fingerprint density at radius 3 is 2.92 bits per heavy atom. The number of hydrogen-bond donors (Lipinski definition) is 1. The molecule has 1 aliphatic rings. The van der Waals surface area contributed by atoms with E-state index in [4.69, 9.17) is 17.3 Å². The number of nitrogens with two attached hydrogens (primary N) is 1. The minimum atomic E-state index is 0.135. The molecule has 1 aliphatic carbocycles. The summed E-state index contributed by atoms with van der Waals surface area (Å²) in [6.45, 7) is 0. The summed E-state index contributed by atoms with van der Waals surface area (Å²) >= 11 is 5.77. The monoisotopic (exact) mass is 196 g/mol. The van der Waals surface area contributed by atoms with Gasteiger partial charge in [0, 0.05) is 11.7 Å². The van der Waals surface area contributed by atoms with Crippen LogP contribution in [-0.2, 0) is 6.42 Å². The highest BCUT2D eigenvalue weighted by Gasteiger charge is 2.37. The second kappa shape index (κ2) is 3.28. The van der Waals surface area contributed by atoms with Crippen molar-refractivity contribution >= 4 is 11.6 Å². The summed E-state index contributed by atoms with van der Waals surface area (Å²) in [5, 5.41) is 0.569. The predicted octanol–water partition coefficient (Wildman–Crippen LogP) is 2.16. The van der Waals surface area contributed by atoms with Gasteiger partial charge in [0.05, 0.1) is 0 Å². The van der Waals surface area contributed by atoms with Crippen LogP contribution < -0.4 is 5.73 Å². The van der Waals surface area contributed by atoms with Crippen molar-refractivity contribution in [3.63, 3.8) is 0 Å². The Bertz CT molecular complexity index is 308. The maximum absolute atomic E-state index is 5.98. The van der Waals surface area contributed by atoms with Gasteiger partial charge in [0.2, 0.25) is 0 Å². The minimum absolute atomic E-state index is 0.135. The van der Waals surface area contributed by atoms with Crippen LogP contribution >= 0.6 is 11.6 Å². The summed E-state index contributed by atoms with van der Waals surface area (Å²) in [4.78, 5) is 3.93. The normalized spacial score (nSPS) is 18.6. The number of pyridine rings is 1. The lowest BCUT2D eigenvalue weighted by molar-refractivity contribution is 0.609. The molecule has 1 aromatic heterocycles. The van der Waals surface area contributed by atoms with Crippen LogP contribution in [0.1, 0.15) is 24.8 Å². The lowest BCUT2D eigenvalue weighted by atomic mass is 10.1. The molecule has 0 atom stereocenters. The van der Waals surface area contributed by atoms with Crippen LogP contribution in [0.15, 0.2) is 18.3 Å². The van der Waals surface area contributed by atoms with Crippen LogP contribution in [0.3, 0.4) is 0 Å². The SMILES string of the molecule is NC1(CCc2ccnc(Cl)c2)CC1. The third-order valence-corrected chi connectivity index (χ3v) is 2.80. The summed E-state index contributed by atoms with van der Waals surface area (Å²) in [6.07, 6.45) is 6.16. The van der Waals surface area contributed by atoms with Gasteiger partial charge in [0.15, 0.2) is 0 Å². The summed E-state index contributed by atoms with van der Waals surface area (Å²) in [6, 6.07) is 3.91. The van der Waals surface area contributed by atoms with E-state index in [9.17, 15) is 0 Å². The number of halogens is 1. The molecule has 0 amide bonds. The van der Waals surface area contributed by atoms with E-state index in [0.29, 0.717) is 5.15 Å². The van der Waals surface area contributed by atoms with Crippen molar-refractivity contribution in [2.45, 2.75) is 31.2 Å². The van der Waals surface area contributed by atoms with Crippen LogP contribution in [0.4, 0.5) is 0 Å². The molecule has 3 heteroatoms. The molecule has 70 valence electrons. The standard InChI is InChI=1S/C10H13ClN2/c11-9-7-8(2-6-13-9)1-3-10(12)4-5-10/h2,6-7H,1,3-5,12H2. The topological polar surface area (TPSA) is 38.9 Å². The zero-order valence-corrected chi connectivity index (χ0v) is 8.22. The molecule has 1 aromatic rings. The van der Waals surface area contributed by atoms with Gasteiger partial charge < -0.3 is 5.73 Å². The van der Waals surface area contributed by atoms with E-state index in [1.165, 1.54) is 18.4 Å². The Labute approximate surface area is 83.1 Å². The molecule has 0 unspecified atom stereocenters. The quantitative estimate of drug-likeness (QED) is 0.753. The summed E-state index contributed by atoms with van der Waals surface area (Å²) in [7, 11) is 0. The highest BCUT2D eigenvalue weighted by atomic mass is 35.5. The fourth-order valence-electron chi connectivity index (χ4n) is 1.40. The van der Waals surface area contributed by atoms with Crippen LogP contribution in [0.5, 0.6) is 0 Å². The average molecular weight is 197 g/mol. The third-order valence-electron chi connectivity index (χ3n) is 2.59. The van der Waals surface area contributed by atoms with E-state index >= 15 is 0 Å². The van der Waals surface area contributed by atoms with E-state index in [-0.39, 0.29) is 5.54 Å². The van der Waals surface area contributed by atoms with Crippen molar-refractivity contribution in [2.75, 3.05) is 0 Å². The van der Waals surface area contributed by atoms with Gasteiger partial charge >= 0.3 is 0 Å². The molecular formula is C10H13ClN2. The van der Waals surface area contributed by atoms with Gasteiger partial charge in [0.1, 0.15) is 5.15 Å². The molecule has 0 aromatic carbocycles. The molecule has 0 bridgehead atoms. The highest BCUT2D eigenvalue weighted by molar-refractivity contribution is 6.29. The largest absolute Gasteiger partial charge is 0.325 e. The van der Waals surface area contributed by atoms with Gasteiger partial charge in [-0.3, -0.25) is 0 Å². The highest BCUT2D eigenvalue weighted by Crippen LogP contribution is 2.36. The first-order chi connectivity index (χ1) is 6.18. The summed E-state index contributed by atoms with van der Waals surface area (Å²) in [5.74, 6) is 0. The Morgan fingerprint density at radius 1 is 1.54 bits per heavy atom. The Kier molecular flexibility index (Phi) is 2.26. The lowest BCUT2D eigenvalue weighted by Crippen LogP contribution is -2.22. The number of rotatable bonds is 3. The molecule has 2 nitrogen and oxygen atoms in total. The second-order valence-electron chi connectivity index (χ2n) is 3.85. The van der Waals surface area contributed by atoms with Gasteiger partial charge in [-0.25, -0.2) is 4.98 Å². The molecule has 13 heavy (non-hydrogen) atoms. The van der Waals surface area contributed by atoms with Gasteiger partial charge in [-0.2, -0.15) is 0 Å². The first-order valence-corrected chi connectivity index (χ1v) is 4.95. The predicted molar refractivity (Wildman–Crippen MR) is 53.7 cm³/mol. The molecule has 0 aliphatic heterocycles. The van der Waals surface area contributed by atoms with Crippen LogP contribution in [0.25, 0.3) is 0 Å². The van der Waals surface area contributed by atoms with Gasteiger partial charge in [0.25, 0.3) is 0 Å². The second-order valence-corrected chi connectivity index (χ2v) is 4.24.